The van der Waals surface area contributed by atoms with Crippen LogP contribution in [0.3, 0.4) is 0 Å². The molecule has 0 amide bonds. The van der Waals surface area contributed by atoms with Crippen LogP contribution in [0.4, 0.5) is 0 Å². The lowest BCUT2D eigenvalue weighted by Crippen LogP contribution is -2.15. The summed E-state index contributed by atoms with van der Waals surface area (Å²) in [5, 5.41) is 4.37. The Labute approximate surface area is 116 Å². The molecule has 0 saturated carbocycles. The summed E-state index contributed by atoms with van der Waals surface area (Å²) in [6.45, 7) is 2.08. The summed E-state index contributed by atoms with van der Waals surface area (Å²) in [5.41, 5.74) is 1.90. The Morgan fingerprint density at radius 1 is 1.05 bits per heavy atom. The molecule has 1 atom stereocenters. The Balaban J connectivity index is 1.95. The van der Waals surface area contributed by atoms with E-state index in [2.05, 4.69) is 24.2 Å². The summed E-state index contributed by atoms with van der Waals surface area (Å²) in [5.74, 6) is 0. The fourth-order valence-corrected chi connectivity index (χ4v) is 2.19. The molecule has 3 aromatic rings. The largest absolute Gasteiger partial charge is 0.281 e. The maximum absolute atomic E-state index is 11.8. The third-order valence-corrected chi connectivity index (χ3v) is 3.37. The molecular formula is C16H15N3O. The molecule has 4 nitrogen and oxygen atoms in total. The van der Waals surface area contributed by atoms with Gasteiger partial charge in [-0.15, -0.1) is 0 Å². The minimum atomic E-state index is -0.0561. The van der Waals surface area contributed by atoms with Gasteiger partial charge < -0.3 is 0 Å². The molecular weight excluding hydrogens is 250 g/mol. The van der Waals surface area contributed by atoms with Crippen molar-refractivity contribution in [3.63, 3.8) is 0 Å². The van der Waals surface area contributed by atoms with Crippen LogP contribution in [0.15, 0.2) is 71.9 Å². The molecule has 3 rings (SSSR count). The van der Waals surface area contributed by atoms with Gasteiger partial charge in [-0.05, 0) is 18.6 Å². The van der Waals surface area contributed by atoms with Crippen molar-refractivity contribution >= 4 is 0 Å². The molecule has 4 heteroatoms. The Morgan fingerprint density at radius 3 is 2.55 bits per heavy atom. The zero-order chi connectivity index (χ0) is 13.9. The van der Waals surface area contributed by atoms with Gasteiger partial charge in [0, 0.05) is 18.5 Å². The molecule has 0 fully saturated rings. The molecule has 1 aromatic carbocycles. The summed E-state index contributed by atoms with van der Waals surface area (Å²) >= 11 is 0. The lowest BCUT2D eigenvalue weighted by Gasteiger charge is -2.12. The fraction of sp³-hybridized carbons (Fsp3) is 0.125. The Hall–Kier alpha value is -2.62. The molecule has 100 valence electrons. The van der Waals surface area contributed by atoms with E-state index in [1.54, 1.807) is 23.0 Å². The first kappa shape index (κ1) is 12.4. The van der Waals surface area contributed by atoms with E-state index in [1.165, 1.54) is 11.6 Å². The SMILES string of the molecule is CC(c1ccccc1)n1cc(-n2ccccc2=O)cn1. The van der Waals surface area contributed by atoms with Gasteiger partial charge in [0.15, 0.2) is 0 Å². The van der Waals surface area contributed by atoms with E-state index in [4.69, 9.17) is 0 Å². The van der Waals surface area contributed by atoms with Crippen LogP contribution in [-0.2, 0) is 0 Å². The summed E-state index contributed by atoms with van der Waals surface area (Å²) in [6, 6.07) is 15.4. The first-order chi connectivity index (χ1) is 9.75. The highest BCUT2D eigenvalue weighted by atomic mass is 16.1. The fourth-order valence-electron chi connectivity index (χ4n) is 2.19. The topological polar surface area (TPSA) is 39.8 Å². The van der Waals surface area contributed by atoms with Crippen molar-refractivity contribution in [1.29, 1.82) is 0 Å². The van der Waals surface area contributed by atoms with Gasteiger partial charge in [-0.1, -0.05) is 36.4 Å². The second-order valence-electron chi connectivity index (χ2n) is 4.67. The number of hydrogen-bond donors (Lipinski definition) is 0. The lowest BCUT2D eigenvalue weighted by atomic mass is 10.1. The van der Waals surface area contributed by atoms with Gasteiger partial charge in [0.25, 0.3) is 5.56 Å². The number of aromatic nitrogens is 3. The van der Waals surface area contributed by atoms with Gasteiger partial charge in [0.2, 0.25) is 0 Å². The Bertz CT molecular complexity index is 758. The van der Waals surface area contributed by atoms with Crippen molar-refractivity contribution in [3.8, 4) is 5.69 Å². The van der Waals surface area contributed by atoms with E-state index >= 15 is 0 Å². The summed E-state index contributed by atoms with van der Waals surface area (Å²) in [4.78, 5) is 11.8. The molecule has 2 aromatic heterocycles. The predicted molar refractivity (Wildman–Crippen MR) is 78.1 cm³/mol. The van der Waals surface area contributed by atoms with E-state index in [1.807, 2.05) is 35.1 Å². The first-order valence-electron chi connectivity index (χ1n) is 6.53. The highest BCUT2D eigenvalue weighted by Gasteiger charge is 2.09. The van der Waals surface area contributed by atoms with Crippen LogP contribution in [0.5, 0.6) is 0 Å². The van der Waals surface area contributed by atoms with Crippen molar-refractivity contribution in [3.05, 3.63) is 83.0 Å². The quantitative estimate of drug-likeness (QED) is 0.730. The molecule has 1 unspecified atom stereocenters. The first-order valence-corrected chi connectivity index (χ1v) is 6.53. The number of hydrogen-bond acceptors (Lipinski definition) is 2. The lowest BCUT2D eigenvalue weighted by molar-refractivity contribution is 0.564. The average molecular weight is 265 g/mol. The Morgan fingerprint density at radius 2 is 1.80 bits per heavy atom. The minimum absolute atomic E-state index is 0.0561. The second kappa shape index (κ2) is 5.17. The van der Waals surface area contributed by atoms with Crippen molar-refractivity contribution in [2.24, 2.45) is 0 Å². The highest BCUT2D eigenvalue weighted by Crippen LogP contribution is 2.17. The molecule has 0 saturated heterocycles. The average Bonchev–Trinajstić information content (AvgIpc) is 2.97. The number of nitrogens with zero attached hydrogens (tertiary/aromatic N) is 3. The van der Waals surface area contributed by atoms with Gasteiger partial charge in [-0.25, -0.2) is 0 Å². The molecule has 0 aliphatic rings. The van der Waals surface area contributed by atoms with Crippen LogP contribution < -0.4 is 5.56 Å². The van der Waals surface area contributed by atoms with E-state index in [-0.39, 0.29) is 11.6 Å². The summed E-state index contributed by atoms with van der Waals surface area (Å²) in [7, 11) is 0. The van der Waals surface area contributed by atoms with E-state index in [9.17, 15) is 4.79 Å². The standard InChI is InChI=1S/C16H15N3O/c1-13(14-7-3-2-4-8-14)19-12-15(11-17-19)18-10-6-5-9-16(18)20/h2-13H,1H3. The maximum atomic E-state index is 11.8. The predicted octanol–water partition coefficient (Wildman–Crippen LogP) is 2.64. The second-order valence-corrected chi connectivity index (χ2v) is 4.67. The molecule has 0 aliphatic heterocycles. The maximum Gasteiger partial charge on any atom is 0.255 e. The van der Waals surface area contributed by atoms with E-state index in [0.717, 1.165) is 5.69 Å². The van der Waals surface area contributed by atoms with Crippen LogP contribution in [0.1, 0.15) is 18.5 Å². The van der Waals surface area contributed by atoms with Gasteiger partial charge in [0.1, 0.15) is 0 Å². The van der Waals surface area contributed by atoms with Crippen molar-refractivity contribution in [2.45, 2.75) is 13.0 Å². The normalized spacial score (nSPS) is 12.2. The van der Waals surface area contributed by atoms with Gasteiger partial charge in [-0.2, -0.15) is 5.10 Å². The van der Waals surface area contributed by atoms with Gasteiger partial charge in [0.05, 0.1) is 17.9 Å². The van der Waals surface area contributed by atoms with Crippen molar-refractivity contribution in [2.75, 3.05) is 0 Å². The number of benzene rings is 1. The van der Waals surface area contributed by atoms with Crippen molar-refractivity contribution < 1.29 is 0 Å². The number of rotatable bonds is 3. The zero-order valence-electron chi connectivity index (χ0n) is 11.2. The van der Waals surface area contributed by atoms with Crippen LogP contribution in [0, 0.1) is 0 Å². The molecule has 0 aliphatic carbocycles. The minimum Gasteiger partial charge on any atom is -0.281 e. The van der Waals surface area contributed by atoms with E-state index in [0.29, 0.717) is 0 Å². The zero-order valence-corrected chi connectivity index (χ0v) is 11.2. The monoisotopic (exact) mass is 265 g/mol. The van der Waals surface area contributed by atoms with E-state index < -0.39 is 0 Å². The van der Waals surface area contributed by atoms with Gasteiger partial charge in [-0.3, -0.25) is 14.0 Å². The van der Waals surface area contributed by atoms with Crippen LogP contribution in [0.25, 0.3) is 5.69 Å². The third kappa shape index (κ3) is 2.28. The summed E-state index contributed by atoms with van der Waals surface area (Å²) < 4.78 is 3.45. The highest BCUT2D eigenvalue weighted by molar-refractivity contribution is 5.27. The molecule has 20 heavy (non-hydrogen) atoms. The molecule has 0 N–H and O–H groups in total. The van der Waals surface area contributed by atoms with Crippen LogP contribution in [0.2, 0.25) is 0 Å². The number of pyridine rings is 1. The van der Waals surface area contributed by atoms with Gasteiger partial charge >= 0.3 is 0 Å². The molecule has 2 heterocycles. The summed E-state index contributed by atoms with van der Waals surface area (Å²) in [6.07, 6.45) is 5.34. The molecule has 0 radical (unpaired) electrons. The van der Waals surface area contributed by atoms with Crippen LogP contribution >= 0.6 is 0 Å². The third-order valence-electron chi connectivity index (χ3n) is 3.37. The molecule has 0 spiro atoms. The Kier molecular flexibility index (Phi) is 3.21. The van der Waals surface area contributed by atoms with Crippen molar-refractivity contribution in [1.82, 2.24) is 14.3 Å². The van der Waals surface area contributed by atoms with Crippen LogP contribution in [-0.4, -0.2) is 14.3 Å². The molecule has 0 bridgehead atoms. The smallest absolute Gasteiger partial charge is 0.255 e.